The quantitative estimate of drug-likeness (QED) is 0.839. The number of hydrogen-bond acceptors (Lipinski definition) is 4. The maximum absolute atomic E-state index is 9.05. The average Bonchev–Trinajstić information content (AvgIpc) is 2.43. The third kappa shape index (κ3) is 6.36. The third-order valence-corrected chi connectivity index (χ3v) is 2.67. The first-order valence-corrected chi connectivity index (χ1v) is 6.54. The largest absolute Gasteiger partial charge is 0.394 e. The summed E-state index contributed by atoms with van der Waals surface area (Å²) in [5.74, 6) is 0.210. The maximum atomic E-state index is 9.05. The van der Waals surface area contributed by atoms with Crippen LogP contribution < -0.4 is 0 Å². The molecule has 1 heterocycles. The summed E-state index contributed by atoms with van der Waals surface area (Å²) < 4.78 is 15.9. The van der Waals surface area contributed by atoms with Crippen LogP contribution in [0.1, 0.15) is 42.5 Å². The molecule has 108 valence electrons. The standard InChI is InChI=1S/C9H18O4.2C2H6.H2/c1-6-7(11-2)4-9(12-3)13-8(6)5-10;2*1-2;/h6-10H,4-5H2,1-3H3;2*1-2H3;1H. The predicted octanol–water partition coefficient (Wildman–Crippen LogP) is 2.69. The minimum atomic E-state index is -0.252. The number of hydrogen-bond donors (Lipinski definition) is 1. The lowest BCUT2D eigenvalue weighted by molar-refractivity contribution is -0.234. The van der Waals surface area contributed by atoms with Crippen LogP contribution in [0.2, 0.25) is 0 Å². The van der Waals surface area contributed by atoms with Crippen LogP contribution in [0.15, 0.2) is 0 Å². The Balaban J connectivity index is -0.000000409. The summed E-state index contributed by atoms with van der Waals surface area (Å²) in [5.41, 5.74) is 0. The van der Waals surface area contributed by atoms with E-state index in [4.69, 9.17) is 19.3 Å². The van der Waals surface area contributed by atoms with Crippen LogP contribution in [-0.4, -0.2) is 44.4 Å². The van der Waals surface area contributed by atoms with Crippen molar-refractivity contribution in [1.82, 2.24) is 0 Å². The van der Waals surface area contributed by atoms with Crippen LogP contribution in [0, 0.1) is 5.92 Å². The topological polar surface area (TPSA) is 47.9 Å². The van der Waals surface area contributed by atoms with Crippen LogP contribution in [0.5, 0.6) is 0 Å². The van der Waals surface area contributed by atoms with Crippen LogP contribution in [0.3, 0.4) is 0 Å². The van der Waals surface area contributed by atoms with Crippen molar-refractivity contribution in [1.29, 1.82) is 0 Å². The number of aliphatic hydroxyl groups excluding tert-OH is 1. The molecule has 1 rings (SSSR count). The summed E-state index contributed by atoms with van der Waals surface area (Å²) in [6.07, 6.45) is 0.405. The summed E-state index contributed by atoms with van der Waals surface area (Å²) in [5, 5.41) is 9.05. The summed E-state index contributed by atoms with van der Waals surface area (Å²) in [7, 11) is 3.27. The number of methoxy groups -OCH3 is 2. The molecule has 0 radical (unpaired) electrons. The molecule has 1 N–H and O–H groups in total. The van der Waals surface area contributed by atoms with E-state index in [1.54, 1.807) is 14.2 Å². The smallest absolute Gasteiger partial charge is 0.160 e. The minimum absolute atomic E-state index is 0. The number of aliphatic hydroxyl groups is 1. The summed E-state index contributed by atoms with van der Waals surface area (Å²) in [4.78, 5) is 0. The highest BCUT2D eigenvalue weighted by Gasteiger charge is 2.35. The molecule has 0 amide bonds. The molecule has 0 aromatic heterocycles. The van der Waals surface area contributed by atoms with Gasteiger partial charge in [0.05, 0.1) is 18.8 Å². The summed E-state index contributed by atoms with van der Waals surface area (Å²) in [6, 6.07) is 0. The van der Waals surface area contributed by atoms with Crippen molar-refractivity contribution < 1.29 is 20.7 Å². The molecule has 1 aliphatic rings. The van der Waals surface area contributed by atoms with Gasteiger partial charge < -0.3 is 19.3 Å². The van der Waals surface area contributed by atoms with E-state index in [1.807, 2.05) is 34.6 Å². The summed E-state index contributed by atoms with van der Waals surface area (Å²) >= 11 is 0. The van der Waals surface area contributed by atoms with Crippen LogP contribution >= 0.6 is 0 Å². The van der Waals surface area contributed by atoms with Crippen LogP contribution in [0.25, 0.3) is 0 Å². The molecule has 1 fully saturated rings. The Kier molecular flexibility index (Phi) is 13.9. The fourth-order valence-electron chi connectivity index (χ4n) is 1.69. The van der Waals surface area contributed by atoms with E-state index < -0.39 is 0 Å². The van der Waals surface area contributed by atoms with Gasteiger partial charge in [-0.2, -0.15) is 0 Å². The first kappa shape index (κ1) is 19.2. The SMILES string of the molecule is CC.CC.COC1CC(OC)C(C)C(CO)O1.[HH]. The van der Waals surface area contributed by atoms with Gasteiger partial charge in [0, 0.05) is 28.0 Å². The van der Waals surface area contributed by atoms with Gasteiger partial charge in [-0.15, -0.1) is 0 Å². The second kappa shape index (κ2) is 12.3. The lowest BCUT2D eigenvalue weighted by atomic mass is 9.93. The van der Waals surface area contributed by atoms with E-state index in [0.29, 0.717) is 0 Å². The predicted molar refractivity (Wildman–Crippen MR) is 72.1 cm³/mol. The van der Waals surface area contributed by atoms with Gasteiger partial charge in [0.25, 0.3) is 0 Å². The van der Waals surface area contributed by atoms with Gasteiger partial charge in [-0.25, -0.2) is 0 Å². The van der Waals surface area contributed by atoms with E-state index in [9.17, 15) is 0 Å². The van der Waals surface area contributed by atoms with E-state index in [1.165, 1.54) is 0 Å². The second-order valence-corrected chi connectivity index (χ2v) is 3.39. The number of ether oxygens (including phenoxy) is 3. The van der Waals surface area contributed by atoms with E-state index >= 15 is 0 Å². The summed E-state index contributed by atoms with van der Waals surface area (Å²) in [6.45, 7) is 10.0. The van der Waals surface area contributed by atoms with Crippen LogP contribution in [0.4, 0.5) is 0 Å². The lowest BCUT2D eigenvalue weighted by Gasteiger charge is -2.38. The molecular weight excluding hydrogens is 220 g/mol. The van der Waals surface area contributed by atoms with Crippen molar-refractivity contribution in [2.24, 2.45) is 5.92 Å². The fourth-order valence-corrected chi connectivity index (χ4v) is 1.69. The molecule has 4 nitrogen and oxygen atoms in total. The lowest BCUT2D eigenvalue weighted by Crippen LogP contribution is -2.45. The maximum Gasteiger partial charge on any atom is 0.160 e. The molecule has 0 aromatic rings. The molecule has 1 aliphatic heterocycles. The molecule has 4 atom stereocenters. The Labute approximate surface area is 108 Å². The molecule has 1 saturated heterocycles. The van der Waals surface area contributed by atoms with E-state index in [2.05, 4.69) is 0 Å². The molecular formula is C13H32O4. The molecule has 0 aromatic carbocycles. The Morgan fingerprint density at radius 3 is 2.06 bits per heavy atom. The van der Waals surface area contributed by atoms with Gasteiger partial charge >= 0.3 is 0 Å². The Morgan fingerprint density at radius 2 is 1.71 bits per heavy atom. The first-order valence-electron chi connectivity index (χ1n) is 6.54. The van der Waals surface area contributed by atoms with E-state index in [-0.39, 0.29) is 32.4 Å². The second-order valence-electron chi connectivity index (χ2n) is 3.39. The van der Waals surface area contributed by atoms with Crippen molar-refractivity contribution in [3.05, 3.63) is 0 Å². The van der Waals surface area contributed by atoms with Crippen molar-refractivity contribution in [2.45, 2.75) is 59.5 Å². The normalized spacial score (nSPS) is 31.8. The van der Waals surface area contributed by atoms with Gasteiger partial charge in [-0.05, 0) is 0 Å². The average molecular weight is 252 g/mol. The van der Waals surface area contributed by atoms with Crippen molar-refractivity contribution in [3.63, 3.8) is 0 Å². The van der Waals surface area contributed by atoms with Gasteiger partial charge in [0.2, 0.25) is 0 Å². The zero-order chi connectivity index (χ0) is 13.8. The number of rotatable bonds is 3. The van der Waals surface area contributed by atoms with Gasteiger partial charge in [0.1, 0.15) is 0 Å². The van der Waals surface area contributed by atoms with Gasteiger partial charge in [0.15, 0.2) is 6.29 Å². The Bertz CT molecular complexity index is 144. The van der Waals surface area contributed by atoms with Gasteiger partial charge in [-0.3, -0.25) is 0 Å². The molecule has 0 spiro atoms. The molecule has 0 bridgehead atoms. The van der Waals surface area contributed by atoms with Crippen molar-refractivity contribution in [2.75, 3.05) is 20.8 Å². The molecule has 17 heavy (non-hydrogen) atoms. The van der Waals surface area contributed by atoms with E-state index in [0.717, 1.165) is 6.42 Å². The highest BCUT2D eigenvalue weighted by Crippen LogP contribution is 2.27. The third-order valence-electron chi connectivity index (χ3n) is 2.67. The first-order chi connectivity index (χ1) is 8.22. The molecule has 0 saturated carbocycles. The molecule has 4 heteroatoms. The van der Waals surface area contributed by atoms with Crippen molar-refractivity contribution >= 4 is 0 Å². The highest BCUT2D eigenvalue weighted by atomic mass is 16.7. The fraction of sp³-hybridized carbons (Fsp3) is 1.00. The highest BCUT2D eigenvalue weighted by molar-refractivity contribution is 4.80. The Hall–Kier alpha value is -0.160. The Morgan fingerprint density at radius 1 is 1.18 bits per heavy atom. The van der Waals surface area contributed by atoms with Crippen molar-refractivity contribution in [3.8, 4) is 0 Å². The van der Waals surface area contributed by atoms with Gasteiger partial charge in [-0.1, -0.05) is 34.6 Å². The zero-order valence-corrected chi connectivity index (χ0v) is 12.4. The molecule has 0 aliphatic carbocycles. The van der Waals surface area contributed by atoms with Crippen LogP contribution in [-0.2, 0) is 14.2 Å². The zero-order valence-electron chi connectivity index (χ0n) is 12.4. The monoisotopic (exact) mass is 252 g/mol. The molecule has 4 unspecified atom stereocenters. The minimum Gasteiger partial charge on any atom is -0.394 e.